The van der Waals surface area contributed by atoms with Gasteiger partial charge in [0.05, 0.1) is 7.11 Å². The lowest BCUT2D eigenvalue weighted by atomic mass is 10.1. The molecule has 0 heterocycles. The highest BCUT2D eigenvalue weighted by molar-refractivity contribution is 5.99. The van der Waals surface area contributed by atoms with E-state index in [0.717, 1.165) is 0 Å². The van der Waals surface area contributed by atoms with E-state index in [1.165, 1.54) is 26.2 Å². The van der Waals surface area contributed by atoms with Gasteiger partial charge in [-0.25, -0.2) is 0 Å². The number of hydrogen-bond donors (Lipinski definition) is 1. The zero-order chi connectivity index (χ0) is 12.8. The molecule has 94 valence electrons. The van der Waals surface area contributed by atoms with Gasteiger partial charge in [0.2, 0.25) is 0 Å². The second-order valence-electron chi connectivity index (χ2n) is 3.33. The first kappa shape index (κ1) is 13.3. The number of carbonyl (C=O) groups excluding carboxylic acids is 1. The normalized spacial score (nSPS) is 10.1. The van der Waals surface area contributed by atoms with Crippen LogP contribution in [0.25, 0.3) is 0 Å². The van der Waals surface area contributed by atoms with Crippen LogP contribution in [0.2, 0.25) is 0 Å². The summed E-state index contributed by atoms with van der Waals surface area (Å²) in [6.07, 6.45) is 0. The Morgan fingerprint density at radius 3 is 2.65 bits per heavy atom. The van der Waals surface area contributed by atoms with Crippen LogP contribution in [0.1, 0.15) is 24.2 Å². The van der Waals surface area contributed by atoms with Crippen LogP contribution in [0, 0.1) is 0 Å². The van der Waals surface area contributed by atoms with Crippen molar-refractivity contribution in [1.82, 2.24) is 0 Å². The van der Waals surface area contributed by atoms with Crippen LogP contribution in [0.5, 0.6) is 17.2 Å². The van der Waals surface area contributed by atoms with Gasteiger partial charge in [-0.05, 0) is 13.8 Å². The van der Waals surface area contributed by atoms with Crippen LogP contribution in [-0.4, -0.2) is 31.4 Å². The molecule has 1 N–H and O–H groups in total. The molecule has 0 bridgehead atoms. The van der Waals surface area contributed by atoms with E-state index in [4.69, 9.17) is 14.2 Å². The number of Topliss-reactive ketones (excluding diaryl/α,β-unsaturated/α-hetero) is 1. The number of carbonyl (C=O) groups is 1. The Hall–Kier alpha value is -1.75. The number of ether oxygens (including phenoxy) is 3. The van der Waals surface area contributed by atoms with Crippen LogP contribution in [0.15, 0.2) is 12.1 Å². The minimum atomic E-state index is -0.268. The van der Waals surface area contributed by atoms with E-state index in [0.29, 0.717) is 12.4 Å². The highest BCUT2D eigenvalue weighted by Crippen LogP contribution is 2.33. The van der Waals surface area contributed by atoms with Gasteiger partial charge in [-0.3, -0.25) is 4.79 Å². The summed E-state index contributed by atoms with van der Waals surface area (Å²) < 4.78 is 15.3. The summed E-state index contributed by atoms with van der Waals surface area (Å²) in [6.45, 7) is 3.83. The van der Waals surface area contributed by atoms with E-state index < -0.39 is 0 Å². The number of benzene rings is 1. The molecule has 0 fully saturated rings. The number of aromatic hydroxyl groups is 1. The minimum absolute atomic E-state index is 0.0819. The van der Waals surface area contributed by atoms with Crippen LogP contribution in [-0.2, 0) is 4.74 Å². The highest BCUT2D eigenvalue weighted by Gasteiger charge is 2.15. The molecule has 0 saturated carbocycles. The van der Waals surface area contributed by atoms with Crippen molar-refractivity contribution in [3.05, 3.63) is 17.7 Å². The molecule has 0 aliphatic heterocycles. The van der Waals surface area contributed by atoms with Crippen LogP contribution >= 0.6 is 0 Å². The maximum atomic E-state index is 11.3. The van der Waals surface area contributed by atoms with E-state index >= 15 is 0 Å². The molecule has 1 rings (SSSR count). The topological polar surface area (TPSA) is 65.0 Å². The molecule has 0 atom stereocenters. The van der Waals surface area contributed by atoms with E-state index in [9.17, 15) is 9.90 Å². The van der Waals surface area contributed by atoms with Gasteiger partial charge >= 0.3 is 0 Å². The molecule has 5 nitrogen and oxygen atoms in total. The third kappa shape index (κ3) is 3.35. The van der Waals surface area contributed by atoms with Crippen molar-refractivity contribution in [2.24, 2.45) is 0 Å². The van der Waals surface area contributed by atoms with E-state index in [-0.39, 0.29) is 29.6 Å². The largest absolute Gasteiger partial charge is 0.507 e. The fourth-order valence-electron chi connectivity index (χ4n) is 1.37. The van der Waals surface area contributed by atoms with Crippen LogP contribution in [0.3, 0.4) is 0 Å². The number of ketones is 1. The molecule has 5 heteroatoms. The Bertz CT molecular complexity index is 400. The third-order valence-electron chi connectivity index (χ3n) is 2.14. The molecule has 0 aromatic heterocycles. The molecule has 1 aromatic carbocycles. The molecular formula is C12H16O5. The predicted molar refractivity (Wildman–Crippen MR) is 61.8 cm³/mol. The van der Waals surface area contributed by atoms with Crippen LogP contribution in [0.4, 0.5) is 0 Å². The van der Waals surface area contributed by atoms with Gasteiger partial charge in [0.15, 0.2) is 12.6 Å². The van der Waals surface area contributed by atoms with Gasteiger partial charge in [-0.15, -0.1) is 0 Å². The Morgan fingerprint density at radius 2 is 2.12 bits per heavy atom. The molecule has 0 aliphatic rings. The molecule has 17 heavy (non-hydrogen) atoms. The lowest BCUT2D eigenvalue weighted by molar-refractivity contribution is 0.0222. The summed E-state index contributed by atoms with van der Waals surface area (Å²) in [7, 11) is 1.42. The van der Waals surface area contributed by atoms with Crippen molar-refractivity contribution < 1.29 is 24.1 Å². The van der Waals surface area contributed by atoms with Crippen molar-refractivity contribution in [2.45, 2.75) is 13.8 Å². The summed E-state index contributed by atoms with van der Waals surface area (Å²) in [5.74, 6) is 0.237. The molecule has 0 amide bonds. The summed E-state index contributed by atoms with van der Waals surface area (Å²) in [6, 6.07) is 2.90. The molecule has 0 saturated heterocycles. The number of phenolic OH excluding ortho intramolecular Hbond substituents is 1. The summed E-state index contributed by atoms with van der Waals surface area (Å²) in [5.41, 5.74) is 0.149. The minimum Gasteiger partial charge on any atom is -0.507 e. The lowest BCUT2D eigenvalue weighted by Crippen LogP contribution is -2.04. The fraction of sp³-hybridized carbons (Fsp3) is 0.417. The Kier molecular flexibility index (Phi) is 4.78. The van der Waals surface area contributed by atoms with Crippen molar-refractivity contribution in [2.75, 3.05) is 20.5 Å². The molecule has 0 unspecified atom stereocenters. The highest BCUT2D eigenvalue weighted by atomic mass is 16.7. The second-order valence-corrected chi connectivity index (χ2v) is 3.33. The number of rotatable bonds is 6. The zero-order valence-corrected chi connectivity index (χ0v) is 10.1. The van der Waals surface area contributed by atoms with Gasteiger partial charge in [-0.2, -0.15) is 0 Å². The Labute approximate surface area is 99.9 Å². The number of hydrogen-bond acceptors (Lipinski definition) is 5. The summed E-state index contributed by atoms with van der Waals surface area (Å²) >= 11 is 0. The van der Waals surface area contributed by atoms with Crippen molar-refractivity contribution >= 4 is 5.78 Å². The lowest BCUT2D eigenvalue weighted by Gasteiger charge is -2.11. The smallest absolute Gasteiger partial charge is 0.189 e. The molecule has 0 spiro atoms. The summed E-state index contributed by atoms with van der Waals surface area (Å²) in [5, 5.41) is 9.71. The maximum absolute atomic E-state index is 11.3. The monoisotopic (exact) mass is 240 g/mol. The van der Waals surface area contributed by atoms with Gasteiger partial charge in [0.25, 0.3) is 0 Å². The molecule has 1 aromatic rings. The van der Waals surface area contributed by atoms with Crippen LogP contribution < -0.4 is 9.47 Å². The van der Waals surface area contributed by atoms with Gasteiger partial charge in [0.1, 0.15) is 22.8 Å². The third-order valence-corrected chi connectivity index (χ3v) is 2.14. The quantitative estimate of drug-likeness (QED) is 0.468. The average molecular weight is 240 g/mol. The van der Waals surface area contributed by atoms with Gasteiger partial charge in [-0.1, -0.05) is 0 Å². The SMILES string of the molecule is CCOCOc1cc(O)c(C(C)=O)c(OC)c1. The maximum Gasteiger partial charge on any atom is 0.189 e. The molecule has 0 radical (unpaired) electrons. The predicted octanol–water partition coefficient (Wildman–Crippen LogP) is 1.98. The van der Waals surface area contributed by atoms with Gasteiger partial charge < -0.3 is 19.3 Å². The average Bonchev–Trinajstić information content (AvgIpc) is 2.27. The van der Waals surface area contributed by atoms with Gasteiger partial charge in [0, 0.05) is 18.7 Å². The number of methoxy groups -OCH3 is 1. The fourth-order valence-corrected chi connectivity index (χ4v) is 1.37. The van der Waals surface area contributed by atoms with E-state index in [2.05, 4.69) is 0 Å². The molecular weight excluding hydrogens is 224 g/mol. The number of phenols is 1. The van der Waals surface area contributed by atoms with Crippen molar-refractivity contribution in [3.63, 3.8) is 0 Å². The first-order chi connectivity index (χ1) is 8.10. The Morgan fingerprint density at radius 1 is 1.41 bits per heavy atom. The molecule has 0 aliphatic carbocycles. The zero-order valence-electron chi connectivity index (χ0n) is 10.1. The summed E-state index contributed by atoms with van der Waals surface area (Å²) in [4.78, 5) is 11.3. The first-order valence-electron chi connectivity index (χ1n) is 5.22. The first-order valence-corrected chi connectivity index (χ1v) is 5.22. The van der Waals surface area contributed by atoms with E-state index in [1.807, 2.05) is 6.92 Å². The van der Waals surface area contributed by atoms with Crippen molar-refractivity contribution in [1.29, 1.82) is 0 Å². The Balaban J connectivity index is 2.96. The standard InChI is InChI=1S/C12H16O5/c1-4-16-7-17-9-5-10(14)12(8(2)13)11(6-9)15-3/h5-6,14H,4,7H2,1-3H3. The second kappa shape index (κ2) is 6.10. The van der Waals surface area contributed by atoms with E-state index in [1.54, 1.807) is 0 Å². The van der Waals surface area contributed by atoms with Crippen molar-refractivity contribution in [3.8, 4) is 17.2 Å².